The van der Waals surface area contributed by atoms with Crippen molar-refractivity contribution < 1.29 is 9.53 Å². The monoisotopic (exact) mass is 290 g/mol. The van der Waals surface area contributed by atoms with Gasteiger partial charge in [-0.3, -0.25) is 4.79 Å². The Bertz CT molecular complexity index is 344. The van der Waals surface area contributed by atoms with Crippen molar-refractivity contribution in [3.05, 3.63) is 0 Å². The molecule has 2 aliphatic carbocycles. The van der Waals surface area contributed by atoms with Gasteiger partial charge in [-0.25, -0.2) is 0 Å². The van der Waals surface area contributed by atoms with E-state index in [-0.39, 0.29) is 36.3 Å². The maximum atomic E-state index is 12.1. The Morgan fingerprint density at radius 2 is 2.11 bits per heavy atom. The molecule has 0 aromatic carbocycles. The lowest BCUT2D eigenvalue weighted by molar-refractivity contribution is -0.132. The first-order valence-corrected chi connectivity index (χ1v) is 6.90. The van der Waals surface area contributed by atoms with Crippen LogP contribution in [0.4, 0.5) is 0 Å². The Morgan fingerprint density at radius 1 is 1.47 bits per heavy atom. The van der Waals surface area contributed by atoms with Gasteiger partial charge in [0.05, 0.1) is 0 Å². The van der Waals surface area contributed by atoms with Crippen LogP contribution in [0.1, 0.15) is 40.0 Å². The third-order valence-electron chi connectivity index (χ3n) is 5.90. The largest absolute Gasteiger partial charge is 0.370 e. The molecule has 0 aliphatic heterocycles. The number of nitrogens with one attached hydrogen (secondary N) is 1. The SMILES string of the molecule is COC(CN)C(=O)NC1CC2CCC1(C)C2(C)C.Cl. The zero-order chi connectivity index (χ0) is 13.6. The topological polar surface area (TPSA) is 64.3 Å². The summed E-state index contributed by atoms with van der Waals surface area (Å²) < 4.78 is 5.10. The summed E-state index contributed by atoms with van der Waals surface area (Å²) >= 11 is 0. The molecule has 0 heterocycles. The number of halogens is 1. The number of carbonyl (C=O) groups excluding carboxylic acids is 1. The van der Waals surface area contributed by atoms with E-state index in [2.05, 4.69) is 26.1 Å². The molecule has 3 N–H and O–H groups in total. The highest BCUT2D eigenvalue weighted by molar-refractivity contribution is 5.85. The van der Waals surface area contributed by atoms with Gasteiger partial charge < -0.3 is 15.8 Å². The molecule has 0 aromatic heterocycles. The highest BCUT2D eigenvalue weighted by Crippen LogP contribution is 2.65. The summed E-state index contributed by atoms with van der Waals surface area (Å²) in [6.07, 6.45) is 3.07. The number of methoxy groups -OCH3 is 1. The highest BCUT2D eigenvalue weighted by Gasteiger charge is 2.61. The summed E-state index contributed by atoms with van der Waals surface area (Å²) in [5.74, 6) is 0.668. The van der Waals surface area contributed by atoms with Gasteiger partial charge in [0.25, 0.3) is 5.91 Å². The van der Waals surface area contributed by atoms with E-state index in [0.717, 1.165) is 12.3 Å². The van der Waals surface area contributed by atoms with Gasteiger partial charge in [-0.2, -0.15) is 0 Å². The lowest BCUT2D eigenvalue weighted by Gasteiger charge is -2.39. The molecule has 1 amide bonds. The van der Waals surface area contributed by atoms with Crippen molar-refractivity contribution >= 4 is 18.3 Å². The minimum atomic E-state index is -0.518. The van der Waals surface area contributed by atoms with Gasteiger partial charge in [-0.1, -0.05) is 20.8 Å². The molecule has 2 aliphatic rings. The molecule has 0 radical (unpaired) electrons. The van der Waals surface area contributed by atoms with Crippen LogP contribution in [0.5, 0.6) is 0 Å². The van der Waals surface area contributed by atoms with Crippen LogP contribution in [0.25, 0.3) is 0 Å². The minimum absolute atomic E-state index is 0. The number of hydrogen-bond donors (Lipinski definition) is 2. The Kier molecular flexibility index (Phi) is 4.92. The van der Waals surface area contributed by atoms with Crippen LogP contribution in [0.3, 0.4) is 0 Å². The first-order valence-electron chi connectivity index (χ1n) is 6.90. The van der Waals surface area contributed by atoms with Gasteiger partial charge in [-0.05, 0) is 36.0 Å². The fraction of sp³-hybridized carbons (Fsp3) is 0.929. The third kappa shape index (κ3) is 2.39. The molecular formula is C14H27ClN2O2. The normalized spacial score (nSPS) is 36.7. The average molecular weight is 291 g/mol. The zero-order valence-corrected chi connectivity index (χ0v) is 13.2. The smallest absolute Gasteiger partial charge is 0.250 e. The van der Waals surface area contributed by atoms with Crippen molar-refractivity contribution in [1.29, 1.82) is 0 Å². The van der Waals surface area contributed by atoms with E-state index in [1.54, 1.807) is 0 Å². The van der Waals surface area contributed by atoms with Gasteiger partial charge in [0.15, 0.2) is 0 Å². The number of ether oxygens (including phenoxy) is 1. The molecule has 2 rings (SSSR count). The van der Waals surface area contributed by atoms with Crippen molar-refractivity contribution in [2.75, 3.05) is 13.7 Å². The van der Waals surface area contributed by atoms with Crippen LogP contribution in [0, 0.1) is 16.7 Å². The summed E-state index contributed by atoms with van der Waals surface area (Å²) in [6.45, 7) is 7.23. The number of fused-ring (bicyclic) bond motifs is 2. The molecule has 112 valence electrons. The number of hydrogen-bond acceptors (Lipinski definition) is 3. The first kappa shape index (κ1) is 16.7. The lowest BCUT2D eigenvalue weighted by atomic mass is 9.69. The van der Waals surface area contributed by atoms with E-state index in [0.29, 0.717) is 5.41 Å². The minimum Gasteiger partial charge on any atom is -0.370 e. The molecule has 2 saturated carbocycles. The van der Waals surface area contributed by atoms with Crippen molar-refractivity contribution in [3.8, 4) is 0 Å². The molecule has 4 nitrogen and oxygen atoms in total. The van der Waals surface area contributed by atoms with Gasteiger partial charge in [0, 0.05) is 19.7 Å². The highest BCUT2D eigenvalue weighted by atomic mass is 35.5. The van der Waals surface area contributed by atoms with E-state index >= 15 is 0 Å². The molecule has 0 aromatic rings. The van der Waals surface area contributed by atoms with Crippen LogP contribution < -0.4 is 11.1 Å². The zero-order valence-electron chi connectivity index (χ0n) is 12.4. The standard InChI is InChI=1S/C14H26N2O2.ClH/c1-13(2)9-5-6-14(13,3)11(7-9)16-12(17)10(8-15)18-4;/h9-11H,5-8,15H2,1-4H3,(H,16,17);1H. The number of nitrogens with two attached hydrogens (primary N) is 1. The second-order valence-electron chi connectivity index (χ2n) is 6.63. The van der Waals surface area contributed by atoms with E-state index < -0.39 is 6.10 Å². The second-order valence-corrected chi connectivity index (χ2v) is 6.63. The second kappa shape index (κ2) is 5.58. The molecule has 19 heavy (non-hydrogen) atoms. The predicted octanol–water partition coefficient (Wildman–Crippen LogP) is 1.71. The Labute approximate surface area is 122 Å². The molecule has 5 heteroatoms. The van der Waals surface area contributed by atoms with Crippen molar-refractivity contribution in [1.82, 2.24) is 5.32 Å². The van der Waals surface area contributed by atoms with Gasteiger partial charge in [0.1, 0.15) is 6.10 Å². The number of carbonyl (C=O) groups is 1. The first-order chi connectivity index (χ1) is 8.36. The average Bonchev–Trinajstić information content (AvgIpc) is 2.63. The quantitative estimate of drug-likeness (QED) is 0.828. The maximum absolute atomic E-state index is 12.1. The van der Waals surface area contributed by atoms with E-state index in [1.165, 1.54) is 20.0 Å². The maximum Gasteiger partial charge on any atom is 0.250 e. The molecular weight excluding hydrogens is 264 g/mol. The molecule has 2 bridgehead atoms. The third-order valence-corrected chi connectivity index (χ3v) is 5.90. The van der Waals surface area contributed by atoms with Crippen LogP contribution >= 0.6 is 12.4 Å². The van der Waals surface area contributed by atoms with E-state index in [4.69, 9.17) is 10.5 Å². The fourth-order valence-corrected chi connectivity index (χ4v) is 4.00. The molecule has 2 fully saturated rings. The fourth-order valence-electron chi connectivity index (χ4n) is 4.00. The Hall–Kier alpha value is -0.320. The molecule has 4 unspecified atom stereocenters. The van der Waals surface area contributed by atoms with Crippen LogP contribution in [0.15, 0.2) is 0 Å². The van der Waals surface area contributed by atoms with Gasteiger partial charge >= 0.3 is 0 Å². The van der Waals surface area contributed by atoms with Crippen molar-refractivity contribution in [3.63, 3.8) is 0 Å². The summed E-state index contributed by atoms with van der Waals surface area (Å²) in [4.78, 5) is 12.1. The summed E-state index contributed by atoms with van der Waals surface area (Å²) in [5, 5.41) is 3.16. The van der Waals surface area contributed by atoms with Crippen LogP contribution in [-0.2, 0) is 9.53 Å². The summed E-state index contributed by atoms with van der Waals surface area (Å²) in [5.41, 5.74) is 6.06. The van der Waals surface area contributed by atoms with Crippen molar-refractivity contribution in [2.24, 2.45) is 22.5 Å². The summed E-state index contributed by atoms with van der Waals surface area (Å²) in [6, 6.07) is 0.267. The molecule has 0 spiro atoms. The molecule has 4 atom stereocenters. The predicted molar refractivity (Wildman–Crippen MR) is 78.3 cm³/mol. The summed E-state index contributed by atoms with van der Waals surface area (Å²) in [7, 11) is 1.53. The van der Waals surface area contributed by atoms with Gasteiger partial charge in [0.2, 0.25) is 0 Å². The Morgan fingerprint density at radius 3 is 2.47 bits per heavy atom. The van der Waals surface area contributed by atoms with Crippen LogP contribution in [0.2, 0.25) is 0 Å². The van der Waals surface area contributed by atoms with E-state index in [1.807, 2.05) is 0 Å². The van der Waals surface area contributed by atoms with E-state index in [9.17, 15) is 4.79 Å². The van der Waals surface area contributed by atoms with Gasteiger partial charge in [-0.15, -0.1) is 12.4 Å². The number of rotatable bonds is 4. The lowest BCUT2D eigenvalue weighted by Crippen LogP contribution is -2.51. The Balaban J connectivity index is 0.00000180. The van der Waals surface area contributed by atoms with Crippen LogP contribution in [-0.4, -0.2) is 31.7 Å². The van der Waals surface area contributed by atoms with Crippen molar-refractivity contribution in [2.45, 2.75) is 52.2 Å². The molecule has 0 saturated heterocycles. The number of amides is 1.